The number of rotatable bonds is 4. The van der Waals surface area contributed by atoms with Crippen LogP contribution in [-0.2, 0) is 10.0 Å². The maximum absolute atomic E-state index is 12.5. The van der Waals surface area contributed by atoms with E-state index in [-0.39, 0.29) is 29.0 Å². The Bertz CT molecular complexity index is 831. The van der Waals surface area contributed by atoms with Gasteiger partial charge in [0.25, 0.3) is 0 Å². The Morgan fingerprint density at radius 2 is 2.00 bits per heavy atom. The smallest absolute Gasteiger partial charge is 0.243 e. The van der Waals surface area contributed by atoms with Gasteiger partial charge in [-0.3, -0.25) is 0 Å². The Hall–Kier alpha value is -1.19. The van der Waals surface area contributed by atoms with Gasteiger partial charge >= 0.3 is 0 Å². The van der Waals surface area contributed by atoms with Crippen molar-refractivity contribution in [3.8, 4) is 0 Å². The molecular weight excluding hydrogens is 363 g/mol. The van der Waals surface area contributed by atoms with Gasteiger partial charge in [-0.25, -0.2) is 13.1 Å². The molecule has 1 N–H and O–H groups in total. The summed E-state index contributed by atoms with van der Waals surface area (Å²) in [5, 5.41) is 17.7. The lowest BCUT2D eigenvalue weighted by molar-refractivity contribution is 0.187. The van der Waals surface area contributed by atoms with Gasteiger partial charge in [-0.15, -0.1) is 5.10 Å². The second-order valence-corrected chi connectivity index (χ2v) is 8.10. The third-order valence-electron chi connectivity index (χ3n) is 3.69. The Morgan fingerprint density at radius 1 is 1.30 bits per heavy atom. The first-order chi connectivity index (χ1) is 10.8. The number of aliphatic hydroxyl groups is 1. The summed E-state index contributed by atoms with van der Waals surface area (Å²) in [5.74, 6) is 0. The SMILES string of the molecule is C[C@@H](O)c1cn(C2CN(S(=O)(=O)c3ccc(Cl)c(Cl)c3)C2)nn1. The monoisotopic (exact) mass is 376 g/mol. The molecule has 23 heavy (non-hydrogen) atoms. The van der Waals surface area contributed by atoms with E-state index < -0.39 is 16.1 Å². The predicted octanol–water partition coefficient (Wildman–Crippen LogP) is 1.88. The number of hydrogen-bond acceptors (Lipinski definition) is 5. The number of hydrogen-bond donors (Lipinski definition) is 1. The van der Waals surface area contributed by atoms with Crippen LogP contribution in [0.4, 0.5) is 0 Å². The molecule has 1 aromatic carbocycles. The van der Waals surface area contributed by atoms with Crippen molar-refractivity contribution >= 4 is 33.2 Å². The first kappa shape index (κ1) is 16.7. The minimum Gasteiger partial charge on any atom is -0.387 e. The number of halogens is 2. The van der Waals surface area contributed by atoms with E-state index in [4.69, 9.17) is 23.2 Å². The van der Waals surface area contributed by atoms with Crippen LogP contribution in [0.1, 0.15) is 24.8 Å². The Labute approximate surface area is 143 Å². The van der Waals surface area contributed by atoms with Gasteiger partial charge in [0.05, 0.1) is 33.3 Å². The number of sulfonamides is 1. The standard InChI is InChI=1S/C13H14Cl2N4O3S/c1-8(20)13-7-19(17-16-13)9-5-18(6-9)23(21,22)10-2-3-11(14)12(15)4-10/h2-4,7-9,20H,5-6H2,1H3/t8-/m1/s1. The highest BCUT2D eigenvalue weighted by atomic mass is 35.5. The fraction of sp³-hybridized carbons (Fsp3) is 0.385. The number of nitrogens with zero attached hydrogens (tertiary/aromatic N) is 4. The highest BCUT2D eigenvalue weighted by molar-refractivity contribution is 7.89. The van der Waals surface area contributed by atoms with Crippen molar-refractivity contribution in [1.29, 1.82) is 0 Å². The van der Waals surface area contributed by atoms with Crippen LogP contribution in [-0.4, -0.2) is 45.9 Å². The summed E-state index contributed by atoms with van der Waals surface area (Å²) < 4.78 is 27.9. The van der Waals surface area contributed by atoms with Crippen molar-refractivity contribution in [3.05, 3.63) is 40.1 Å². The second kappa shape index (κ2) is 6.03. The minimum absolute atomic E-state index is 0.104. The zero-order valence-electron chi connectivity index (χ0n) is 12.1. The maximum Gasteiger partial charge on any atom is 0.243 e. The first-order valence-corrected chi connectivity index (χ1v) is 9.03. The molecule has 1 aromatic heterocycles. The molecule has 2 heterocycles. The van der Waals surface area contributed by atoms with Gasteiger partial charge in [0.15, 0.2) is 0 Å². The van der Waals surface area contributed by atoms with Gasteiger partial charge in [-0.1, -0.05) is 28.4 Å². The van der Waals surface area contributed by atoms with E-state index in [2.05, 4.69) is 10.3 Å². The Balaban J connectivity index is 1.73. The van der Waals surface area contributed by atoms with Gasteiger partial charge in [0.1, 0.15) is 5.69 Å². The number of benzene rings is 1. The van der Waals surface area contributed by atoms with Crippen molar-refractivity contribution in [1.82, 2.24) is 19.3 Å². The lowest BCUT2D eigenvalue weighted by Crippen LogP contribution is -2.50. The Morgan fingerprint density at radius 3 is 2.57 bits per heavy atom. The third-order valence-corrected chi connectivity index (χ3v) is 6.25. The van der Waals surface area contributed by atoms with E-state index in [0.717, 1.165) is 0 Å². The average molecular weight is 377 g/mol. The van der Waals surface area contributed by atoms with Crippen molar-refractivity contribution in [2.75, 3.05) is 13.1 Å². The average Bonchev–Trinajstić information content (AvgIpc) is 2.89. The van der Waals surface area contributed by atoms with Gasteiger partial charge in [0, 0.05) is 13.1 Å². The summed E-state index contributed by atoms with van der Waals surface area (Å²) in [4.78, 5) is 0.105. The van der Waals surface area contributed by atoms with E-state index in [1.807, 2.05) is 0 Å². The lowest BCUT2D eigenvalue weighted by Gasteiger charge is -2.37. The normalized spacial score (nSPS) is 17.9. The zero-order chi connectivity index (χ0) is 16.8. The van der Waals surface area contributed by atoms with Crippen LogP contribution in [0.2, 0.25) is 10.0 Å². The largest absolute Gasteiger partial charge is 0.387 e. The van der Waals surface area contributed by atoms with E-state index in [9.17, 15) is 13.5 Å². The van der Waals surface area contributed by atoms with Gasteiger partial charge in [0.2, 0.25) is 10.0 Å². The minimum atomic E-state index is -3.61. The molecule has 0 saturated carbocycles. The molecule has 10 heteroatoms. The predicted molar refractivity (Wildman–Crippen MR) is 84.9 cm³/mol. The molecule has 1 saturated heterocycles. The van der Waals surface area contributed by atoms with E-state index in [1.54, 1.807) is 17.8 Å². The summed E-state index contributed by atoms with van der Waals surface area (Å²) in [6, 6.07) is 4.12. The Kier molecular flexibility index (Phi) is 4.37. The summed E-state index contributed by atoms with van der Waals surface area (Å²) >= 11 is 11.7. The van der Waals surface area contributed by atoms with Crippen LogP contribution in [0.25, 0.3) is 0 Å². The molecule has 7 nitrogen and oxygen atoms in total. The molecule has 0 bridgehead atoms. The number of aromatic nitrogens is 3. The molecule has 0 radical (unpaired) electrons. The van der Waals surface area contributed by atoms with Gasteiger partial charge < -0.3 is 5.11 Å². The van der Waals surface area contributed by atoms with Crippen molar-refractivity contribution < 1.29 is 13.5 Å². The van der Waals surface area contributed by atoms with E-state index in [1.165, 1.54) is 22.5 Å². The topological polar surface area (TPSA) is 88.3 Å². The number of aliphatic hydroxyl groups excluding tert-OH is 1. The fourth-order valence-electron chi connectivity index (χ4n) is 2.23. The molecule has 2 aromatic rings. The molecule has 3 rings (SSSR count). The van der Waals surface area contributed by atoms with Crippen LogP contribution >= 0.6 is 23.2 Å². The molecule has 0 amide bonds. The highest BCUT2D eigenvalue weighted by Gasteiger charge is 2.38. The van der Waals surface area contributed by atoms with Crippen LogP contribution in [0.5, 0.6) is 0 Å². The van der Waals surface area contributed by atoms with Gasteiger partial charge in [-0.05, 0) is 25.1 Å². The molecule has 1 aliphatic rings. The molecule has 1 atom stereocenters. The molecule has 124 valence electrons. The second-order valence-electron chi connectivity index (χ2n) is 5.35. The van der Waals surface area contributed by atoms with Crippen LogP contribution < -0.4 is 0 Å². The molecule has 1 fully saturated rings. The third kappa shape index (κ3) is 3.09. The summed E-state index contributed by atoms with van der Waals surface area (Å²) in [7, 11) is -3.61. The fourth-order valence-corrected chi connectivity index (χ4v) is 4.13. The molecular formula is C13H14Cl2N4O3S. The lowest BCUT2D eigenvalue weighted by atomic mass is 10.2. The first-order valence-electron chi connectivity index (χ1n) is 6.84. The summed E-state index contributed by atoms with van der Waals surface area (Å²) in [5.41, 5.74) is 0.454. The van der Waals surface area contributed by atoms with E-state index >= 15 is 0 Å². The molecule has 0 unspecified atom stereocenters. The summed E-state index contributed by atoms with van der Waals surface area (Å²) in [6.07, 6.45) is 0.915. The van der Waals surface area contributed by atoms with Crippen LogP contribution in [0.15, 0.2) is 29.3 Å². The molecule has 1 aliphatic heterocycles. The maximum atomic E-state index is 12.5. The van der Waals surface area contributed by atoms with Crippen molar-refractivity contribution in [2.24, 2.45) is 0 Å². The van der Waals surface area contributed by atoms with Crippen molar-refractivity contribution in [2.45, 2.75) is 24.0 Å². The van der Waals surface area contributed by atoms with Crippen LogP contribution in [0, 0.1) is 0 Å². The van der Waals surface area contributed by atoms with Gasteiger partial charge in [-0.2, -0.15) is 4.31 Å². The zero-order valence-corrected chi connectivity index (χ0v) is 14.4. The van der Waals surface area contributed by atoms with E-state index in [0.29, 0.717) is 10.7 Å². The molecule has 0 aliphatic carbocycles. The quantitative estimate of drug-likeness (QED) is 0.879. The van der Waals surface area contributed by atoms with Crippen LogP contribution in [0.3, 0.4) is 0 Å². The van der Waals surface area contributed by atoms with Crippen molar-refractivity contribution in [3.63, 3.8) is 0 Å². The summed E-state index contributed by atoms with van der Waals surface area (Å²) in [6.45, 7) is 2.16. The highest BCUT2D eigenvalue weighted by Crippen LogP contribution is 2.31. The molecule has 0 spiro atoms.